The summed E-state index contributed by atoms with van der Waals surface area (Å²) in [7, 11) is 1.69. The van der Waals surface area contributed by atoms with Crippen molar-refractivity contribution in [2.24, 2.45) is 10.9 Å². The largest absolute Gasteiger partial charge is 0.497 e. The van der Waals surface area contributed by atoms with E-state index in [1.807, 2.05) is 23.9 Å². The SMILES string of the molecule is COc1cc(Br)cc(NC2=NC3CCCCC3CS2)c1. The predicted molar refractivity (Wildman–Crippen MR) is 90.0 cm³/mol. The van der Waals surface area contributed by atoms with Gasteiger partial charge >= 0.3 is 0 Å². The molecule has 1 fully saturated rings. The van der Waals surface area contributed by atoms with Gasteiger partial charge in [-0.2, -0.15) is 0 Å². The van der Waals surface area contributed by atoms with E-state index in [2.05, 4.69) is 27.3 Å². The average molecular weight is 355 g/mol. The van der Waals surface area contributed by atoms with Crippen LogP contribution in [0, 0.1) is 5.92 Å². The number of thioether (sulfide) groups is 1. The smallest absolute Gasteiger partial charge is 0.161 e. The molecule has 2 aliphatic rings. The van der Waals surface area contributed by atoms with Crippen molar-refractivity contribution in [1.82, 2.24) is 0 Å². The number of anilines is 1. The van der Waals surface area contributed by atoms with Crippen molar-refractivity contribution in [1.29, 1.82) is 0 Å². The van der Waals surface area contributed by atoms with E-state index < -0.39 is 0 Å². The molecule has 2 unspecified atom stereocenters. The molecular weight excluding hydrogens is 336 g/mol. The average Bonchev–Trinajstić information content (AvgIpc) is 2.46. The molecule has 1 heterocycles. The minimum atomic E-state index is 0.529. The van der Waals surface area contributed by atoms with Gasteiger partial charge in [0.1, 0.15) is 5.75 Å². The highest BCUT2D eigenvalue weighted by molar-refractivity contribution is 9.10. The maximum Gasteiger partial charge on any atom is 0.161 e. The molecule has 2 atom stereocenters. The summed E-state index contributed by atoms with van der Waals surface area (Å²) in [6.07, 6.45) is 5.30. The van der Waals surface area contributed by atoms with Gasteiger partial charge in [0.25, 0.3) is 0 Å². The number of halogens is 1. The standard InChI is InChI=1S/C15H19BrN2OS/c1-19-13-7-11(16)6-12(8-13)17-15-18-14-5-3-2-4-10(14)9-20-15/h6-8,10,14H,2-5,9H2,1H3,(H,17,18). The van der Waals surface area contributed by atoms with Crippen molar-refractivity contribution in [3.63, 3.8) is 0 Å². The number of methoxy groups -OCH3 is 1. The Labute approximate surface area is 132 Å². The van der Waals surface area contributed by atoms with Crippen LogP contribution in [0.2, 0.25) is 0 Å². The third-order valence-electron chi connectivity index (χ3n) is 3.94. The first-order chi connectivity index (χ1) is 9.74. The number of fused-ring (bicyclic) bond motifs is 1. The zero-order valence-corrected chi connectivity index (χ0v) is 14.0. The summed E-state index contributed by atoms with van der Waals surface area (Å²) < 4.78 is 6.30. The molecule has 0 saturated heterocycles. The lowest BCUT2D eigenvalue weighted by Crippen LogP contribution is -2.31. The van der Waals surface area contributed by atoms with Crippen LogP contribution in [0.5, 0.6) is 5.75 Å². The maximum absolute atomic E-state index is 5.29. The summed E-state index contributed by atoms with van der Waals surface area (Å²) in [5.41, 5.74) is 1.02. The Morgan fingerprint density at radius 1 is 1.30 bits per heavy atom. The fourth-order valence-corrected chi connectivity index (χ4v) is 4.50. The van der Waals surface area contributed by atoms with Gasteiger partial charge in [0.2, 0.25) is 0 Å². The van der Waals surface area contributed by atoms with Gasteiger partial charge in [-0.15, -0.1) is 0 Å². The van der Waals surface area contributed by atoms with Crippen LogP contribution in [-0.2, 0) is 0 Å². The number of hydrogen-bond donors (Lipinski definition) is 1. The number of benzene rings is 1. The number of rotatable bonds is 2. The highest BCUT2D eigenvalue weighted by Gasteiger charge is 2.29. The second-order valence-electron chi connectivity index (χ2n) is 5.36. The minimum Gasteiger partial charge on any atom is -0.497 e. The Morgan fingerprint density at radius 3 is 3.00 bits per heavy atom. The van der Waals surface area contributed by atoms with E-state index in [1.165, 1.54) is 31.4 Å². The van der Waals surface area contributed by atoms with E-state index in [-0.39, 0.29) is 0 Å². The Kier molecular flexibility index (Phi) is 4.56. The van der Waals surface area contributed by atoms with Gasteiger partial charge in [-0.25, -0.2) is 0 Å². The highest BCUT2D eigenvalue weighted by atomic mass is 79.9. The number of amidine groups is 1. The monoisotopic (exact) mass is 354 g/mol. The lowest BCUT2D eigenvalue weighted by molar-refractivity contribution is 0.336. The normalized spacial score (nSPS) is 25.6. The van der Waals surface area contributed by atoms with Crippen molar-refractivity contribution >= 4 is 38.5 Å². The van der Waals surface area contributed by atoms with Gasteiger partial charge in [0, 0.05) is 22.0 Å². The third-order valence-corrected chi connectivity index (χ3v) is 5.48. The molecule has 1 aromatic rings. The molecule has 0 bridgehead atoms. The van der Waals surface area contributed by atoms with Crippen LogP contribution in [0.15, 0.2) is 27.7 Å². The molecule has 3 rings (SSSR count). The third kappa shape index (κ3) is 3.31. The van der Waals surface area contributed by atoms with E-state index in [9.17, 15) is 0 Å². The minimum absolute atomic E-state index is 0.529. The van der Waals surface area contributed by atoms with Gasteiger partial charge < -0.3 is 10.1 Å². The molecule has 1 aliphatic heterocycles. The fourth-order valence-electron chi connectivity index (χ4n) is 2.87. The summed E-state index contributed by atoms with van der Waals surface area (Å²) >= 11 is 5.35. The summed E-state index contributed by atoms with van der Waals surface area (Å²) in [5.74, 6) is 2.83. The van der Waals surface area contributed by atoms with Crippen LogP contribution >= 0.6 is 27.7 Å². The van der Waals surface area contributed by atoms with Gasteiger partial charge in [0.05, 0.1) is 13.2 Å². The summed E-state index contributed by atoms with van der Waals surface area (Å²) in [6, 6.07) is 6.54. The zero-order valence-electron chi connectivity index (χ0n) is 11.6. The van der Waals surface area contributed by atoms with Crippen LogP contribution in [0.1, 0.15) is 25.7 Å². The number of nitrogens with zero attached hydrogens (tertiary/aromatic N) is 1. The predicted octanol–water partition coefficient (Wildman–Crippen LogP) is 4.53. The summed E-state index contributed by atoms with van der Waals surface area (Å²) in [6.45, 7) is 0. The van der Waals surface area contributed by atoms with Crippen molar-refractivity contribution in [2.75, 3.05) is 18.2 Å². The van der Waals surface area contributed by atoms with E-state index in [0.29, 0.717) is 6.04 Å². The Morgan fingerprint density at radius 2 is 2.15 bits per heavy atom. The molecule has 0 aromatic heterocycles. The van der Waals surface area contributed by atoms with Crippen molar-refractivity contribution in [2.45, 2.75) is 31.7 Å². The molecule has 1 aromatic carbocycles. The molecule has 3 nitrogen and oxygen atoms in total. The Hall–Kier alpha value is -0.680. The Bertz CT molecular complexity index is 521. The van der Waals surface area contributed by atoms with Crippen molar-refractivity contribution in [3.8, 4) is 5.75 Å². The summed E-state index contributed by atoms with van der Waals surface area (Å²) in [4.78, 5) is 4.90. The lowest BCUT2D eigenvalue weighted by Gasteiger charge is -2.32. The molecule has 20 heavy (non-hydrogen) atoms. The molecule has 1 saturated carbocycles. The number of hydrogen-bond acceptors (Lipinski definition) is 4. The van der Waals surface area contributed by atoms with Crippen molar-refractivity contribution in [3.05, 3.63) is 22.7 Å². The number of nitrogens with one attached hydrogen (secondary N) is 1. The first-order valence-corrected chi connectivity index (χ1v) is 8.84. The van der Waals surface area contributed by atoms with Gasteiger partial charge in [-0.3, -0.25) is 4.99 Å². The van der Waals surface area contributed by atoms with Gasteiger partial charge in [-0.1, -0.05) is 40.5 Å². The van der Waals surface area contributed by atoms with E-state index in [1.54, 1.807) is 7.11 Å². The maximum atomic E-state index is 5.29. The van der Waals surface area contributed by atoms with Crippen molar-refractivity contribution < 1.29 is 4.74 Å². The zero-order chi connectivity index (χ0) is 13.9. The number of ether oxygens (including phenoxy) is 1. The topological polar surface area (TPSA) is 33.6 Å². The molecule has 1 aliphatic carbocycles. The van der Waals surface area contributed by atoms with E-state index in [0.717, 1.165) is 27.0 Å². The van der Waals surface area contributed by atoms with Crippen LogP contribution in [0.25, 0.3) is 0 Å². The summed E-state index contributed by atoms with van der Waals surface area (Å²) in [5, 5.41) is 4.48. The first kappa shape index (κ1) is 14.3. The van der Waals surface area contributed by atoms with Crippen LogP contribution in [0.4, 0.5) is 5.69 Å². The molecule has 0 spiro atoms. The van der Waals surface area contributed by atoms with E-state index >= 15 is 0 Å². The molecule has 5 heteroatoms. The fraction of sp³-hybridized carbons (Fsp3) is 0.533. The van der Waals surface area contributed by atoms with Crippen LogP contribution in [0.3, 0.4) is 0 Å². The molecule has 0 amide bonds. The molecular formula is C15H19BrN2OS. The lowest BCUT2D eigenvalue weighted by atomic mass is 9.86. The number of aliphatic imine (C=N–C) groups is 1. The van der Waals surface area contributed by atoms with E-state index in [4.69, 9.17) is 9.73 Å². The Balaban J connectivity index is 1.74. The van der Waals surface area contributed by atoms with Crippen LogP contribution in [-0.4, -0.2) is 24.1 Å². The quantitative estimate of drug-likeness (QED) is 0.846. The van der Waals surface area contributed by atoms with Gasteiger partial charge in [-0.05, 0) is 30.9 Å². The second-order valence-corrected chi connectivity index (χ2v) is 7.29. The second kappa shape index (κ2) is 6.39. The highest BCUT2D eigenvalue weighted by Crippen LogP contribution is 2.34. The first-order valence-electron chi connectivity index (χ1n) is 7.07. The molecule has 108 valence electrons. The van der Waals surface area contributed by atoms with Crippen LogP contribution < -0.4 is 10.1 Å². The molecule has 1 N–H and O–H groups in total. The van der Waals surface area contributed by atoms with Gasteiger partial charge in [0.15, 0.2) is 5.17 Å². The molecule has 0 radical (unpaired) electrons.